The number of nitrogens with two attached hydrogens (primary N) is 1. The summed E-state index contributed by atoms with van der Waals surface area (Å²) in [6, 6.07) is 7.33. The van der Waals surface area contributed by atoms with Crippen LogP contribution in [0, 0.1) is 6.92 Å². The topological polar surface area (TPSA) is 120 Å². The average Bonchev–Trinajstić information content (AvgIpc) is 2.91. The van der Waals surface area contributed by atoms with Crippen molar-refractivity contribution in [3.8, 4) is 0 Å². The van der Waals surface area contributed by atoms with Gasteiger partial charge in [-0.3, -0.25) is 9.78 Å². The first-order chi connectivity index (χ1) is 12.0. The zero-order valence-electron chi connectivity index (χ0n) is 13.7. The Morgan fingerprint density at radius 3 is 2.64 bits per heavy atom. The molecule has 0 radical (unpaired) electrons. The quantitative estimate of drug-likeness (QED) is 0.685. The van der Waals surface area contributed by atoms with Gasteiger partial charge in [0.1, 0.15) is 16.9 Å². The maximum Gasteiger partial charge on any atom is 0.342 e. The van der Waals surface area contributed by atoms with Crippen LogP contribution in [0.25, 0.3) is 11.0 Å². The van der Waals surface area contributed by atoms with Crippen LogP contribution in [0.1, 0.15) is 33.4 Å². The maximum atomic E-state index is 12.1. The van der Waals surface area contributed by atoms with Gasteiger partial charge in [-0.25, -0.2) is 9.78 Å². The molecule has 3 rings (SSSR count). The Hall–Kier alpha value is -3.42. The molecule has 0 saturated heterocycles. The van der Waals surface area contributed by atoms with E-state index in [9.17, 15) is 9.59 Å². The number of aryl methyl sites for hydroxylation is 1. The Kier molecular flexibility index (Phi) is 4.34. The largest absolute Gasteiger partial charge is 0.462 e. The van der Waals surface area contributed by atoms with Crippen molar-refractivity contribution < 1.29 is 18.7 Å². The van der Waals surface area contributed by atoms with E-state index in [0.717, 1.165) is 5.52 Å². The average molecular weight is 340 g/mol. The molecule has 0 aliphatic heterocycles. The highest BCUT2D eigenvalue weighted by molar-refractivity contribution is 6.09. The van der Waals surface area contributed by atoms with Gasteiger partial charge in [-0.05, 0) is 26.0 Å². The molecule has 0 bridgehead atoms. The number of nitrogens with one attached hydrogen (secondary N) is 1. The molecule has 128 valence electrons. The van der Waals surface area contributed by atoms with Crippen LogP contribution in [0.2, 0.25) is 0 Å². The molecule has 8 heteroatoms. The van der Waals surface area contributed by atoms with Gasteiger partial charge in [-0.1, -0.05) is 12.1 Å². The number of aromatic nitrogens is 2. The zero-order valence-corrected chi connectivity index (χ0v) is 13.7. The molecule has 2 heterocycles. The number of carbonyl (C=O) groups is 2. The van der Waals surface area contributed by atoms with Crippen LogP contribution in [-0.4, -0.2) is 28.5 Å². The number of hydrogen-bond acceptors (Lipinski definition) is 7. The third-order valence-electron chi connectivity index (χ3n) is 3.50. The van der Waals surface area contributed by atoms with Gasteiger partial charge in [-0.15, -0.1) is 0 Å². The molecule has 0 aliphatic carbocycles. The second-order valence-electron chi connectivity index (χ2n) is 5.19. The highest BCUT2D eigenvalue weighted by Gasteiger charge is 2.28. The van der Waals surface area contributed by atoms with E-state index in [1.165, 1.54) is 6.20 Å². The minimum atomic E-state index is -0.809. The molecular weight excluding hydrogens is 324 g/mol. The van der Waals surface area contributed by atoms with Crippen molar-refractivity contribution >= 4 is 34.6 Å². The van der Waals surface area contributed by atoms with E-state index in [0.29, 0.717) is 11.3 Å². The number of furan rings is 1. The molecule has 25 heavy (non-hydrogen) atoms. The van der Waals surface area contributed by atoms with Crippen LogP contribution in [0.15, 0.2) is 34.9 Å². The van der Waals surface area contributed by atoms with Gasteiger partial charge in [0.05, 0.1) is 23.8 Å². The van der Waals surface area contributed by atoms with Crippen LogP contribution in [0.3, 0.4) is 0 Å². The predicted molar refractivity (Wildman–Crippen MR) is 90.7 cm³/mol. The molecule has 8 nitrogen and oxygen atoms in total. The fourth-order valence-electron chi connectivity index (χ4n) is 2.45. The number of benzene rings is 1. The van der Waals surface area contributed by atoms with Gasteiger partial charge in [0, 0.05) is 0 Å². The minimum absolute atomic E-state index is 0.00518. The van der Waals surface area contributed by atoms with Crippen LogP contribution in [0.5, 0.6) is 0 Å². The molecule has 1 amide bonds. The number of carbonyl (C=O) groups excluding carboxylic acids is 2. The smallest absolute Gasteiger partial charge is 0.342 e. The summed E-state index contributed by atoms with van der Waals surface area (Å²) in [5.74, 6) is -0.877. The number of amides is 1. The van der Waals surface area contributed by atoms with Gasteiger partial charge in [-0.2, -0.15) is 0 Å². The maximum absolute atomic E-state index is 12.1. The monoisotopic (exact) mass is 340 g/mol. The SMILES string of the molecule is CCOC(=O)c1c(C)oc(Nc2cnc3ccccc3n2)c1C(N)=O. The third kappa shape index (κ3) is 3.14. The number of nitrogens with zero attached hydrogens (tertiary/aromatic N) is 2. The zero-order chi connectivity index (χ0) is 18.0. The molecule has 0 unspecified atom stereocenters. The molecule has 0 aliphatic rings. The van der Waals surface area contributed by atoms with E-state index >= 15 is 0 Å². The molecule has 2 aromatic heterocycles. The molecular formula is C17H16N4O4. The van der Waals surface area contributed by atoms with E-state index in [2.05, 4.69) is 15.3 Å². The summed E-state index contributed by atoms with van der Waals surface area (Å²) in [6.07, 6.45) is 1.50. The van der Waals surface area contributed by atoms with E-state index in [-0.39, 0.29) is 29.4 Å². The summed E-state index contributed by atoms with van der Waals surface area (Å²) in [4.78, 5) is 32.6. The van der Waals surface area contributed by atoms with Crippen LogP contribution >= 0.6 is 0 Å². The van der Waals surface area contributed by atoms with E-state index < -0.39 is 11.9 Å². The Labute approximate surface area is 143 Å². The summed E-state index contributed by atoms with van der Waals surface area (Å²) in [6.45, 7) is 3.39. The summed E-state index contributed by atoms with van der Waals surface area (Å²) in [5.41, 5.74) is 6.75. The second-order valence-corrected chi connectivity index (χ2v) is 5.19. The summed E-state index contributed by atoms with van der Waals surface area (Å²) < 4.78 is 10.5. The summed E-state index contributed by atoms with van der Waals surface area (Å²) >= 11 is 0. The highest BCUT2D eigenvalue weighted by Crippen LogP contribution is 2.29. The van der Waals surface area contributed by atoms with Crippen LogP contribution in [0.4, 0.5) is 11.7 Å². The van der Waals surface area contributed by atoms with Crippen molar-refractivity contribution in [2.45, 2.75) is 13.8 Å². The third-order valence-corrected chi connectivity index (χ3v) is 3.50. The molecule has 1 aromatic carbocycles. The number of rotatable bonds is 5. The molecule has 0 spiro atoms. The fourth-order valence-corrected chi connectivity index (χ4v) is 2.45. The van der Waals surface area contributed by atoms with Crippen molar-refractivity contribution in [1.29, 1.82) is 0 Å². The number of fused-ring (bicyclic) bond motifs is 1. The van der Waals surface area contributed by atoms with Gasteiger partial charge in [0.25, 0.3) is 5.91 Å². The number of anilines is 2. The fraction of sp³-hybridized carbons (Fsp3) is 0.176. The van der Waals surface area contributed by atoms with Gasteiger partial charge in [0.2, 0.25) is 5.88 Å². The molecule has 0 atom stereocenters. The van der Waals surface area contributed by atoms with E-state index in [1.54, 1.807) is 19.9 Å². The lowest BCUT2D eigenvalue weighted by molar-refractivity contribution is 0.0521. The summed E-state index contributed by atoms with van der Waals surface area (Å²) in [5, 5.41) is 2.86. The van der Waals surface area contributed by atoms with Crippen LogP contribution in [-0.2, 0) is 4.74 Å². The standard InChI is InChI=1S/C17H16N4O4/c1-3-24-17(23)13-9(2)25-16(14(13)15(18)22)21-12-8-19-10-6-4-5-7-11(10)20-12/h4-8H,3H2,1-2H3,(H2,18,22)(H,20,21). The number of hydrogen-bond donors (Lipinski definition) is 2. The van der Waals surface area contributed by atoms with Crippen molar-refractivity contribution in [3.05, 3.63) is 47.3 Å². The molecule has 3 N–H and O–H groups in total. The highest BCUT2D eigenvalue weighted by atomic mass is 16.5. The number of esters is 1. The van der Waals surface area contributed by atoms with Crippen molar-refractivity contribution in [3.63, 3.8) is 0 Å². The van der Waals surface area contributed by atoms with Crippen molar-refractivity contribution in [2.75, 3.05) is 11.9 Å². The Bertz CT molecular complexity index is 964. The lowest BCUT2D eigenvalue weighted by Crippen LogP contribution is -2.18. The Morgan fingerprint density at radius 2 is 1.96 bits per heavy atom. The Morgan fingerprint density at radius 1 is 1.24 bits per heavy atom. The van der Waals surface area contributed by atoms with Crippen molar-refractivity contribution in [1.82, 2.24) is 9.97 Å². The van der Waals surface area contributed by atoms with E-state index in [4.69, 9.17) is 14.9 Å². The second kappa shape index (κ2) is 6.60. The first kappa shape index (κ1) is 16.4. The molecule has 0 saturated carbocycles. The Balaban J connectivity index is 2.02. The first-order valence-electron chi connectivity index (χ1n) is 7.60. The van der Waals surface area contributed by atoms with Gasteiger partial charge >= 0.3 is 5.97 Å². The normalized spacial score (nSPS) is 10.6. The van der Waals surface area contributed by atoms with Crippen molar-refractivity contribution in [2.24, 2.45) is 5.73 Å². The van der Waals surface area contributed by atoms with Crippen LogP contribution < -0.4 is 11.1 Å². The lowest BCUT2D eigenvalue weighted by atomic mass is 10.1. The summed E-state index contributed by atoms with van der Waals surface area (Å²) in [7, 11) is 0. The molecule has 3 aromatic rings. The number of para-hydroxylation sites is 2. The van der Waals surface area contributed by atoms with E-state index in [1.807, 2.05) is 18.2 Å². The minimum Gasteiger partial charge on any atom is -0.462 e. The number of ether oxygens (including phenoxy) is 1. The number of primary amides is 1. The lowest BCUT2D eigenvalue weighted by Gasteiger charge is -2.05. The predicted octanol–water partition coefficient (Wildman–Crippen LogP) is 2.55. The van der Waals surface area contributed by atoms with Gasteiger partial charge in [0.15, 0.2) is 5.82 Å². The van der Waals surface area contributed by atoms with Gasteiger partial charge < -0.3 is 20.2 Å². The first-order valence-corrected chi connectivity index (χ1v) is 7.60. The molecule has 0 fully saturated rings.